The number of ether oxygens (including phenoxy) is 1. The van der Waals surface area contributed by atoms with E-state index < -0.39 is 0 Å². The van der Waals surface area contributed by atoms with Gasteiger partial charge < -0.3 is 10.5 Å². The van der Waals surface area contributed by atoms with Gasteiger partial charge in [-0.2, -0.15) is 5.10 Å². The molecule has 2 aromatic rings. The molecule has 110 valence electrons. The van der Waals surface area contributed by atoms with Crippen LogP contribution in [0.1, 0.15) is 41.3 Å². The lowest BCUT2D eigenvalue weighted by molar-refractivity contribution is 0.167. The molecule has 1 unspecified atom stereocenters. The highest BCUT2D eigenvalue weighted by molar-refractivity contribution is 7.80. The fourth-order valence-corrected chi connectivity index (χ4v) is 3.26. The number of aromatic nitrogens is 2. The molecule has 4 nitrogen and oxygen atoms in total. The minimum absolute atomic E-state index is 0.0397. The van der Waals surface area contributed by atoms with Gasteiger partial charge in [0.2, 0.25) is 5.88 Å². The van der Waals surface area contributed by atoms with Crippen LogP contribution in [0.5, 0.6) is 5.88 Å². The van der Waals surface area contributed by atoms with Crippen molar-refractivity contribution in [3.05, 3.63) is 46.6 Å². The van der Waals surface area contributed by atoms with Crippen LogP contribution in [0.2, 0.25) is 0 Å². The molecule has 21 heavy (non-hydrogen) atoms. The molecule has 0 aliphatic heterocycles. The molecule has 1 aliphatic rings. The molecule has 1 aromatic carbocycles. The predicted octanol–water partition coefficient (Wildman–Crippen LogP) is 2.82. The smallest absolute Gasteiger partial charge is 0.222 e. The zero-order valence-corrected chi connectivity index (χ0v) is 13.1. The Morgan fingerprint density at radius 3 is 2.95 bits per heavy atom. The molecule has 2 N–H and O–H groups in total. The number of aryl methyl sites for hydroxylation is 3. The summed E-state index contributed by atoms with van der Waals surface area (Å²) >= 11 is 5.14. The first kappa shape index (κ1) is 14.1. The molecule has 1 aliphatic carbocycles. The standard InChI is InChI=1S/C16H19N3OS/c1-10-14(15(17)21)16(19(2)18-10)20-13-9-5-7-11-6-3-4-8-12(11)13/h3-4,6,8,13H,5,7,9H2,1-2H3,(H2,17,21). The lowest BCUT2D eigenvalue weighted by Crippen LogP contribution is -2.19. The molecule has 1 heterocycles. The van der Waals surface area contributed by atoms with Crippen LogP contribution < -0.4 is 10.5 Å². The summed E-state index contributed by atoms with van der Waals surface area (Å²) in [6, 6.07) is 8.45. The average Bonchev–Trinajstić information content (AvgIpc) is 2.73. The summed E-state index contributed by atoms with van der Waals surface area (Å²) in [5.41, 5.74) is 10.0. The Balaban J connectivity index is 1.97. The van der Waals surface area contributed by atoms with Gasteiger partial charge in [0.05, 0.1) is 11.3 Å². The SMILES string of the molecule is Cc1nn(C)c(OC2CCCc3ccccc32)c1C(N)=S. The summed E-state index contributed by atoms with van der Waals surface area (Å²) < 4.78 is 7.98. The van der Waals surface area contributed by atoms with E-state index >= 15 is 0 Å². The topological polar surface area (TPSA) is 53.1 Å². The molecule has 0 fully saturated rings. The van der Waals surface area contributed by atoms with Gasteiger partial charge in [-0.3, -0.25) is 0 Å². The van der Waals surface area contributed by atoms with Gasteiger partial charge in [-0.05, 0) is 37.3 Å². The quantitative estimate of drug-likeness (QED) is 0.886. The number of fused-ring (bicyclic) bond motifs is 1. The minimum atomic E-state index is 0.0397. The van der Waals surface area contributed by atoms with Crippen LogP contribution in [0.3, 0.4) is 0 Å². The highest BCUT2D eigenvalue weighted by atomic mass is 32.1. The van der Waals surface area contributed by atoms with E-state index in [1.54, 1.807) is 4.68 Å². The maximum Gasteiger partial charge on any atom is 0.222 e. The fourth-order valence-electron chi connectivity index (χ4n) is 3.02. The maximum atomic E-state index is 6.26. The van der Waals surface area contributed by atoms with Crippen molar-refractivity contribution < 1.29 is 4.74 Å². The van der Waals surface area contributed by atoms with Crippen molar-refractivity contribution in [2.75, 3.05) is 0 Å². The first-order valence-electron chi connectivity index (χ1n) is 7.15. The van der Waals surface area contributed by atoms with Gasteiger partial charge in [-0.1, -0.05) is 36.5 Å². The van der Waals surface area contributed by atoms with Crippen molar-refractivity contribution in [3.63, 3.8) is 0 Å². The van der Waals surface area contributed by atoms with Crippen LogP contribution in [-0.4, -0.2) is 14.8 Å². The monoisotopic (exact) mass is 301 g/mol. The van der Waals surface area contributed by atoms with E-state index in [1.807, 2.05) is 14.0 Å². The van der Waals surface area contributed by atoms with Crippen LogP contribution in [0.25, 0.3) is 0 Å². The van der Waals surface area contributed by atoms with E-state index in [9.17, 15) is 0 Å². The van der Waals surface area contributed by atoms with Gasteiger partial charge in [-0.15, -0.1) is 0 Å². The second kappa shape index (κ2) is 5.48. The molecule has 0 saturated carbocycles. The van der Waals surface area contributed by atoms with Crippen LogP contribution >= 0.6 is 12.2 Å². The van der Waals surface area contributed by atoms with E-state index in [4.69, 9.17) is 22.7 Å². The van der Waals surface area contributed by atoms with Gasteiger partial charge in [0.15, 0.2) is 0 Å². The van der Waals surface area contributed by atoms with Crippen LogP contribution in [0.4, 0.5) is 0 Å². The summed E-state index contributed by atoms with van der Waals surface area (Å²) in [4.78, 5) is 0.333. The number of hydrogen-bond acceptors (Lipinski definition) is 3. The lowest BCUT2D eigenvalue weighted by Gasteiger charge is -2.26. The van der Waals surface area contributed by atoms with Crippen LogP contribution in [-0.2, 0) is 13.5 Å². The minimum Gasteiger partial charge on any atom is -0.469 e. The van der Waals surface area contributed by atoms with Crippen molar-refractivity contribution in [2.24, 2.45) is 12.8 Å². The molecule has 3 rings (SSSR count). The van der Waals surface area contributed by atoms with E-state index in [0.29, 0.717) is 10.9 Å². The molecular weight excluding hydrogens is 282 g/mol. The fraction of sp³-hybridized carbons (Fsp3) is 0.375. The summed E-state index contributed by atoms with van der Waals surface area (Å²) in [6.45, 7) is 1.90. The number of rotatable bonds is 3. The van der Waals surface area contributed by atoms with E-state index in [-0.39, 0.29) is 6.10 Å². The Kier molecular flexibility index (Phi) is 3.68. The third-order valence-electron chi connectivity index (χ3n) is 3.98. The number of benzene rings is 1. The van der Waals surface area contributed by atoms with E-state index in [0.717, 1.165) is 30.5 Å². The molecule has 0 spiro atoms. The second-order valence-corrected chi connectivity index (χ2v) is 5.89. The van der Waals surface area contributed by atoms with Crippen molar-refractivity contribution in [2.45, 2.75) is 32.3 Å². The van der Waals surface area contributed by atoms with Gasteiger partial charge in [0.1, 0.15) is 11.1 Å². The van der Waals surface area contributed by atoms with Crippen molar-refractivity contribution in [3.8, 4) is 5.88 Å². The molecule has 1 atom stereocenters. The molecule has 0 radical (unpaired) electrons. The van der Waals surface area contributed by atoms with Crippen molar-refractivity contribution in [1.29, 1.82) is 0 Å². The normalized spacial score (nSPS) is 17.3. The lowest BCUT2D eigenvalue weighted by atomic mass is 9.89. The van der Waals surface area contributed by atoms with Crippen LogP contribution in [0.15, 0.2) is 24.3 Å². The van der Waals surface area contributed by atoms with E-state index in [1.165, 1.54) is 11.1 Å². The summed E-state index contributed by atoms with van der Waals surface area (Å²) in [5, 5.41) is 4.38. The molecular formula is C16H19N3OS. The first-order valence-corrected chi connectivity index (χ1v) is 7.56. The molecule has 5 heteroatoms. The predicted molar refractivity (Wildman–Crippen MR) is 86.6 cm³/mol. The average molecular weight is 301 g/mol. The molecule has 0 amide bonds. The third-order valence-corrected chi connectivity index (χ3v) is 4.19. The number of hydrogen-bond donors (Lipinski definition) is 1. The molecule has 0 bridgehead atoms. The zero-order chi connectivity index (χ0) is 15.0. The Bertz CT molecular complexity index is 693. The Labute approximate surface area is 129 Å². The molecule has 1 aromatic heterocycles. The summed E-state index contributed by atoms with van der Waals surface area (Å²) in [5.74, 6) is 0.668. The first-order chi connectivity index (χ1) is 10.1. The maximum absolute atomic E-state index is 6.26. The Morgan fingerprint density at radius 2 is 2.19 bits per heavy atom. The third kappa shape index (κ3) is 2.53. The highest BCUT2D eigenvalue weighted by Gasteiger charge is 2.25. The van der Waals surface area contributed by atoms with Gasteiger partial charge >= 0.3 is 0 Å². The number of nitrogens with two attached hydrogens (primary N) is 1. The Hall–Kier alpha value is -1.88. The van der Waals surface area contributed by atoms with Gasteiger partial charge in [-0.25, -0.2) is 4.68 Å². The van der Waals surface area contributed by atoms with Crippen LogP contribution in [0, 0.1) is 6.92 Å². The largest absolute Gasteiger partial charge is 0.469 e. The number of thiocarbonyl (C=S) groups is 1. The van der Waals surface area contributed by atoms with E-state index in [2.05, 4.69) is 29.4 Å². The number of nitrogens with zero attached hydrogens (tertiary/aromatic N) is 2. The highest BCUT2D eigenvalue weighted by Crippen LogP contribution is 2.35. The summed E-state index contributed by atoms with van der Waals surface area (Å²) in [6.07, 6.45) is 3.28. The van der Waals surface area contributed by atoms with Crippen molar-refractivity contribution >= 4 is 17.2 Å². The Morgan fingerprint density at radius 1 is 1.43 bits per heavy atom. The van der Waals surface area contributed by atoms with Crippen molar-refractivity contribution in [1.82, 2.24) is 9.78 Å². The molecule has 0 saturated heterocycles. The van der Waals surface area contributed by atoms with Gasteiger partial charge in [0, 0.05) is 7.05 Å². The van der Waals surface area contributed by atoms with Gasteiger partial charge in [0.25, 0.3) is 0 Å². The second-order valence-electron chi connectivity index (χ2n) is 5.45. The zero-order valence-electron chi connectivity index (χ0n) is 12.3. The summed E-state index contributed by atoms with van der Waals surface area (Å²) in [7, 11) is 1.86.